The maximum absolute atomic E-state index is 13.2. The fourth-order valence-corrected chi connectivity index (χ4v) is 3.35. The lowest BCUT2D eigenvalue weighted by Crippen LogP contribution is -2.47. The standard InChI is InChI=1S/C22H19FN4O5/c1-2-31-20(28)17-16(24-21(29)25-18(17)13-6-4-3-5-7-13)12-27-22(30)32-19(26-27)14-8-10-15(23)11-9-14/h3-11,18H,2,12H2,1H3,(H2,24,25,29)/t18-/m1/s1. The normalized spacial score (nSPS) is 15.8. The molecule has 1 aromatic heterocycles. The molecular weight excluding hydrogens is 419 g/mol. The third-order valence-electron chi connectivity index (χ3n) is 4.79. The van der Waals surface area contributed by atoms with Crippen molar-refractivity contribution in [2.45, 2.75) is 19.5 Å². The van der Waals surface area contributed by atoms with Crippen LogP contribution in [0.2, 0.25) is 0 Å². The Kier molecular flexibility index (Phi) is 5.84. The van der Waals surface area contributed by atoms with Crippen molar-refractivity contribution < 1.29 is 23.1 Å². The van der Waals surface area contributed by atoms with E-state index in [2.05, 4.69) is 15.7 Å². The molecule has 3 aromatic rings. The van der Waals surface area contributed by atoms with Crippen molar-refractivity contribution in [3.8, 4) is 11.5 Å². The van der Waals surface area contributed by atoms with E-state index in [1.807, 2.05) is 6.07 Å². The van der Waals surface area contributed by atoms with Gasteiger partial charge in [0.1, 0.15) is 5.82 Å². The van der Waals surface area contributed by atoms with Gasteiger partial charge in [-0.25, -0.2) is 18.8 Å². The van der Waals surface area contributed by atoms with E-state index < -0.39 is 29.6 Å². The number of nitrogens with zero attached hydrogens (tertiary/aromatic N) is 2. The maximum Gasteiger partial charge on any atom is 0.437 e. The predicted molar refractivity (Wildman–Crippen MR) is 111 cm³/mol. The number of halogens is 1. The van der Waals surface area contributed by atoms with Gasteiger partial charge in [-0.05, 0) is 36.8 Å². The molecule has 10 heteroatoms. The summed E-state index contributed by atoms with van der Waals surface area (Å²) < 4.78 is 24.5. The van der Waals surface area contributed by atoms with Gasteiger partial charge in [-0.1, -0.05) is 30.3 Å². The van der Waals surface area contributed by atoms with Crippen LogP contribution in [0.1, 0.15) is 18.5 Å². The third-order valence-corrected chi connectivity index (χ3v) is 4.79. The summed E-state index contributed by atoms with van der Waals surface area (Å²) in [5.41, 5.74) is 1.37. The number of allylic oxidation sites excluding steroid dienone is 1. The highest BCUT2D eigenvalue weighted by Gasteiger charge is 2.34. The number of carbonyl (C=O) groups excluding carboxylic acids is 2. The van der Waals surface area contributed by atoms with E-state index in [0.29, 0.717) is 11.1 Å². The van der Waals surface area contributed by atoms with Gasteiger partial charge in [0.25, 0.3) is 0 Å². The summed E-state index contributed by atoms with van der Waals surface area (Å²) in [5, 5.41) is 9.41. The molecule has 1 aliphatic rings. The molecule has 2 N–H and O–H groups in total. The Balaban J connectivity index is 1.75. The Morgan fingerprint density at radius 1 is 1.16 bits per heavy atom. The molecule has 0 saturated carbocycles. The van der Waals surface area contributed by atoms with Crippen LogP contribution in [0.5, 0.6) is 0 Å². The Bertz CT molecular complexity index is 1230. The van der Waals surface area contributed by atoms with Crippen molar-refractivity contribution in [3.05, 3.63) is 87.8 Å². The summed E-state index contributed by atoms with van der Waals surface area (Å²) in [5.74, 6) is -1.90. The number of ether oxygens (including phenoxy) is 1. The monoisotopic (exact) mass is 438 g/mol. The van der Waals surface area contributed by atoms with Gasteiger partial charge in [0.15, 0.2) is 0 Å². The van der Waals surface area contributed by atoms with E-state index >= 15 is 0 Å². The quantitative estimate of drug-likeness (QED) is 0.572. The van der Waals surface area contributed by atoms with Crippen LogP contribution in [0.4, 0.5) is 9.18 Å². The summed E-state index contributed by atoms with van der Waals surface area (Å²) in [4.78, 5) is 37.5. The topological polar surface area (TPSA) is 115 Å². The summed E-state index contributed by atoms with van der Waals surface area (Å²) in [6.07, 6.45) is 0. The van der Waals surface area contributed by atoms with Gasteiger partial charge in [0.05, 0.1) is 30.5 Å². The zero-order chi connectivity index (χ0) is 22.7. The van der Waals surface area contributed by atoms with E-state index in [9.17, 15) is 18.8 Å². The predicted octanol–water partition coefficient (Wildman–Crippen LogP) is 2.51. The molecule has 9 nitrogen and oxygen atoms in total. The van der Waals surface area contributed by atoms with Gasteiger partial charge in [-0.2, -0.15) is 4.68 Å². The smallest absolute Gasteiger partial charge is 0.437 e. The first kappa shape index (κ1) is 21.0. The highest BCUT2D eigenvalue weighted by molar-refractivity contribution is 5.95. The molecule has 2 aromatic carbocycles. The second-order valence-corrected chi connectivity index (χ2v) is 6.89. The average Bonchev–Trinajstić information content (AvgIpc) is 3.14. The number of carbonyl (C=O) groups is 2. The summed E-state index contributed by atoms with van der Waals surface area (Å²) in [6, 6.07) is 12.9. The first-order chi connectivity index (χ1) is 15.5. The van der Waals surface area contributed by atoms with Crippen molar-refractivity contribution in [2.75, 3.05) is 6.61 Å². The van der Waals surface area contributed by atoms with E-state index in [1.54, 1.807) is 31.2 Å². The molecule has 2 heterocycles. The molecule has 0 aliphatic carbocycles. The molecule has 32 heavy (non-hydrogen) atoms. The second-order valence-electron chi connectivity index (χ2n) is 6.89. The van der Waals surface area contributed by atoms with Crippen molar-refractivity contribution in [1.82, 2.24) is 20.4 Å². The Morgan fingerprint density at radius 2 is 1.88 bits per heavy atom. The minimum atomic E-state index is -0.802. The molecule has 1 atom stereocenters. The molecular formula is C22H19FN4O5. The average molecular weight is 438 g/mol. The molecule has 0 fully saturated rings. The summed E-state index contributed by atoms with van der Waals surface area (Å²) >= 11 is 0. The number of hydrogen-bond donors (Lipinski definition) is 2. The fourth-order valence-electron chi connectivity index (χ4n) is 3.35. The Labute approximate surface area is 181 Å². The van der Waals surface area contributed by atoms with Crippen molar-refractivity contribution in [2.24, 2.45) is 0 Å². The van der Waals surface area contributed by atoms with Crippen LogP contribution in [-0.4, -0.2) is 28.4 Å². The van der Waals surface area contributed by atoms with Gasteiger partial charge < -0.3 is 19.8 Å². The number of esters is 1. The van der Waals surface area contributed by atoms with Crippen LogP contribution in [0.3, 0.4) is 0 Å². The fraction of sp³-hybridized carbons (Fsp3) is 0.182. The molecule has 0 spiro atoms. The highest BCUT2D eigenvalue weighted by atomic mass is 19.1. The van der Waals surface area contributed by atoms with Crippen molar-refractivity contribution in [3.63, 3.8) is 0 Å². The van der Waals surface area contributed by atoms with E-state index in [4.69, 9.17) is 9.15 Å². The van der Waals surface area contributed by atoms with Gasteiger partial charge in [0.2, 0.25) is 5.89 Å². The molecule has 4 rings (SSSR count). The first-order valence-electron chi connectivity index (χ1n) is 9.82. The zero-order valence-electron chi connectivity index (χ0n) is 17.0. The maximum atomic E-state index is 13.2. The second kappa shape index (κ2) is 8.88. The Morgan fingerprint density at radius 3 is 2.56 bits per heavy atom. The lowest BCUT2D eigenvalue weighted by atomic mass is 9.95. The molecule has 0 unspecified atom stereocenters. The minimum Gasteiger partial charge on any atom is -0.463 e. The molecule has 1 aliphatic heterocycles. The van der Waals surface area contributed by atoms with E-state index in [-0.39, 0.29) is 30.3 Å². The molecule has 0 bridgehead atoms. The summed E-state index contributed by atoms with van der Waals surface area (Å²) in [7, 11) is 0. The highest BCUT2D eigenvalue weighted by Crippen LogP contribution is 2.28. The lowest BCUT2D eigenvalue weighted by Gasteiger charge is -2.29. The third kappa shape index (κ3) is 4.29. The Hall–Kier alpha value is -4.21. The minimum absolute atomic E-state index is 0.0202. The van der Waals surface area contributed by atoms with Crippen LogP contribution in [0.25, 0.3) is 11.5 Å². The molecule has 0 radical (unpaired) electrons. The number of amides is 2. The summed E-state index contributed by atoms with van der Waals surface area (Å²) in [6.45, 7) is 1.56. The van der Waals surface area contributed by atoms with Crippen LogP contribution in [0, 0.1) is 5.82 Å². The molecule has 0 saturated heterocycles. The van der Waals surface area contributed by atoms with Gasteiger partial charge >= 0.3 is 17.8 Å². The number of aromatic nitrogens is 2. The van der Waals surface area contributed by atoms with Crippen LogP contribution < -0.4 is 16.4 Å². The number of hydrogen-bond acceptors (Lipinski definition) is 6. The van der Waals surface area contributed by atoms with Crippen LogP contribution >= 0.6 is 0 Å². The number of benzene rings is 2. The van der Waals surface area contributed by atoms with Gasteiger partial charge in [-0.15, -0.1) is 5.10 Å². The van der Waals surface area contributed by atoms with E-state index in [1.165, 1.54) is 24.3 Å². The zero-order valence-corrected chi connectivity index (χ0v) is 17.0. The van der Waals surface area contributed by atoms with Crippen LogP contribution in [-0.2, 0) is 16.1 Å². The van der Waals surface area contributed by atoms with Gasteiger partial charge in [0, 0.05) is 5.56 Å². The van der Waals surface area contributed by atoms with E-state index in [0.717, 1.165) is 4.68 Å². The molecule has 164 valence electrons. The van der Waals surface area contributed by atoms with Gasteiger partial charge in [-0.3, -0.25) is 0 Å². The SMILES string of the molecule is CCOC(=O)C1=C(Cn2nc(-c3ccc(F)cc3)oc2=O)NC(=O)N[C@@H]1c1ccccc1. The number of urea groups is 1. The van der Waals surface area contributed by atoms with Crippen LogP contribution in [0.15, 0.2) is 75.1 Å². The van der Waals surface area contributed by atoms with Crippen molar-refractivity contribution in [1.29, 1.82) is 0 Å². The first-order valence-corrected chi connectivity index (χ1v) is 9.82. The number of nitrogens with one attached hydrogen (secondary N) is 2. The number of rotatable bonds is 6. The lowest BCUT2D eigenvalue weighted by molar-refractivity contribution is -0.139. The van der Waals surface area contributed by atoms with Crippen molar-refractivity contribution >= 4 is 12.0 Å². The largest absolute Gasteiger partial charge is 0.463 e. The molecule has 2 amide bonds.